The molecule has 1 aliphatic rings. The van der Waals surface area contributed by atoms with Gasteiger partial charge in [0.1, 0.15) is 0 Å². The molecule has 0 radical (unpaired) electrons. The Bertz CT molecular complexity index is 177. The second-order valence-corrected chi connectivity index (χ2v) is 5.44. The Morgan fingerprint density at radius 2 is 2.36 bits per heavy atom. The van der Waals surface area contributed by atoms with Gasteiger partial charge in [-0.15, -0.1) is 0 Å². The van der Waals surface area contributed by atoms with Gasteiger partial charge in [-0.25, -0.2) is 0 Å². The van der Waals surface area contributed by atoms with E-state index < -0.39 is 0 Å². The maximum absolute atomic E-state index is 2.40. The summed E-state index contributed by atoms with van der Waals surface area (Å²) in [7, 11) is 0. The standard InChI is InChI=1S/C6H7.C4H9.Ti/c1-6-4-2-3-5-6;1-3-4-2;/h4-5H,2H2,1H3;1,3-4H2,2H3;. The third-order valence-corrected chi connectivity index (χ3v) is 4.12. The van der Waals surface area contributed by atoms with E-state index in [1.54, 1.807) is 3.88 Å². The minimum absolute atomic E-state index is 0.271. The molecule has 0 heterocycles. The molecular weight excluding hydrogens is 168 g/mol. The van der Waals surface area contributed by atoms with Gasteiger partial charge in [0.15, 0.2) is 0 Å². The van der Waals surface area contributed by atoms with Crippen molar-refractivity contribution in [3.05, 3.63) is 21.6 Å². The quantitative estimate of drug-likeness (QED) is 0.463. The van der Waals surface area contributed by atoms with E-state index in [0.29, 0.717) is 0 Å². The molecule has 0 aromatic carbocycles. The van der Waals surface area contributed by atoms with E-state index in [9.17, 15) is 0 Å². The van der Waals surface area contributed by atoms with Crippen LogP contribution in [-0.2, 0) is 19.2 Å². The zero-order valence-corrected chi connectivity index (χ0v) is 9.04. The van der Waals surface area contributed by atoms with E-state index in [-0.39, 0.29) is 19.2 Å². The Morgan fingerprint density at radius 3 is 2.91 bits per heavy atom. The number of allylic oxidation sites excluding steroid dienone is 4. The Labute approximate surface area is 78.7 Å². The summed E-state index contributed by atoms with van der Waals surface area (Å²) in [5.74, 6) is 0. The van der Waals surface area contributed by atoms with Crippen molar-refractivity contribution in [1.29, 1.82) is 0 Å². The van der Waals surface area contributed by atoms with Gasteiger partial charge in [-0.05, 0) is 0 Å². The third kappa shape index (κ3) is 3.40. The molecule has 0 bridgehead atoms. The van der Waals surface area contributed by atoms with Crippen LogP contribution in [0.3, 0.4) is 0 Å². The summed E-state index contributed by atoms with van der Waals surface area (Å²) >= 11 is 0.271. The Morgan fingerprint density at radius 1 is 1.55 bits per heavy atom. The number of unbranched alkanes of at least 4 members (excludes halogenated alkanes) is 1. The van der Waals surface area contributed by atoms with E-state index in [1.807, 2.05) is 0 Å². The molecule has 0 unspecified atom stereocenters. The molecule has 0 aromatic rings. The summed E-state index contributed by atoms with van der Waals surface area (Å²) in [5.41, 5.74) is 1.49. The van der Waals surface area contributed by atoms with Crippen LogP contribution in [0.2, 0.25) is 4.73 Å². The van der Waals surface area contributed by atoms with Gasteiger partial charge in [-0.2, -0.15) is 0 Å². The monoisotopic (exact) mass is 184 g/mol. The number of rotatable bonds is 4. The predicted molar refractivity (Wildman–Crippen MR) is 46.2 cm³/mol. The Hall–Kier alpha value is 0.194. The van der Waals surface area contributed by atoms with Crippen molar-refractivity contribution in [3.8, 4) is 0 Å². The van der Waals surface area contributed by atoms with Crippen molar-refractivity contribution < 1.29 is 19.2 Å². The summed E-state index contributed by atoms with van der Waals surface area (Å²) < 4.78 is 3.26. The van der Waals surface area contributed by atoms with Gasteiger partial charge in [0, 0.05) is 0 Å². The van der Waals surface area contributed by atoms with Crippen LogP contribution in [0.15, 0.2) is 21.6 Å². The fraction of sp³-hybridized carbons (Fsp3) is 0.600. The second kappa shape index (κ2) is 4.95. The molecule has 0 aromatic heterocycles. The van der Waals surface area contributed by atoms with Crippen LogP contribution in [0.25, 0.3) is 0 Å². The summed E-state index contributed by atoms with van der Waals surface area (Å²) in [6, 6.07) is 0. The molecule has 1 rings (SSSR count). The average molecular weight is 184 g/mol. The van der Waals surface area contributed by atoms with Crippen molar-refractivity contribution in [2.75, 3.05) is 0 Å². The second-order valence-electron chi connectivity index (χ2n) is 3.10. The van der Waals surface area contributed by atoms with Gasteiger partial charge in [-0.3, -0.25) is 0 Å². The molecule has 60 valence electrons. The van der Waals surface area contributed by atoms with Gasteiger partial charge >= 0.3 is 78.6 Å². The first kappa shape index (κ1) is 9.28. The molecule has 0 spiro atoms. The fourth-order valence-electron chi connectivity index (χ4n) is 1.21. The topological polar surface area (TPSA) is 0 Å². The molecule has 0 amide bonds. The van der Waals surface area contributed by atoms with E-state index in [0.717, 1.165) is 0 Å². The summed E-state index contributed by atoms with van der Waals surface area (Å²) in [4.78, 5) is 0. The first-order valence-corrected chi connectivity index (χ1v) is 6.32. The first-order chi connectivity index (χ1) is 5.33. The molecule has 0 saturated carbocycles. The van der Waals surface area contributed by atoms with E-state index in [4.69, 9.17) is 0 Å². The van der Waals surface area contributed by atoms with Crippen LogP contribution < -0.4 is 0 Å². The number of hydrogen-bond acceptors (Lipinski definition) is 0. The predicted octanol–water partition coefficient (Wildman–Crippen LogP) is 3.52. The van der Waals surface area contributed by atoms with Crippen molar-refractivity contribution in [2.45, 2.75) is 37.8 Å². The average Bonchev–Trinajstić information content (AvgIpc) is 2.37. The van der Waals surface area contributed by atoms with Crippen molar-refractivity contribution in [1.82, 2.24) is 0 Å². The molecule has 1 aliphatic carbocycles. The fourth-order valence-corrected chi connectivity index (χ4v) is 3.44. The van der Waals surface area contributed by atoms with Gasteiger partial charge in [0.05, 0.1) is 0 Å². The summed E-state index contributed by atoms with van der Waals surface area (Å²) in [6.07, 6.45) is 8.83. The zero-order valence-electron chi connectivity index (χ0n) is 7.48. The molecule has 0 N–H and O–H groups in total. The Kier molecular flexibility index (Phi) is 4.18. The Balaban J connectivity index is 2.15. The van der Waals surface area contributed by atoms with Crippen molar-refractivity contribution >= 4 is 0 Å². The SMILES string of the molecule is CCC[CH2][Ti][C]1=CC(C)=CC1. The molecule has 11 heavy (non-hydrogen) atoms. The van der Waals surface area contributed by atoms with Gasteiger partial charge < -0.3 is 0 Å². The number of hydrogen-bond donors (Lipinski definition) is 0. The van der Waals surface area contributed by atoms with Crippen LogP contribution in [0.1, 0.15) is 33.1 Å². The summed E-state index contributed by atoms with van der Waals surface area (Å²) in [5, 5.41) is 0. The molecule has 0 atom stereocenters. The van der Waals surface area contributed by atoms with Crippen molar-refractivity contribution in [2.24, 2.45) is 0 Å². The van der Waals surface area contributed by atoms with Crippen LogP contribution in [-0.4, -0.2) is 0 Å². The first-order valence-electron chi connectivity index (χ1n) is 4.44. The van der Waals surface area contributed by atoms with E-state index in [1.165, 1.54) is 29.6 Å². The molecule has 0 nitrogen and oxygen atoms in total. The maximum atomic E-state index is 2.40. The van der Waals surface area contributed by atoms with Crippen LogP contribution in [0.5, 0.6) is 0 Å². The normalized spacial score (nSPS) is 16.2. The van der Waals surface area contributed by atoms with E-state index >= 15 is 0 Å². The van der Waals surface area contributed by atoms with Gasteiger partial charge in [0.25, 0.3) is 0 Å². The third-order valence-electron chi connectivity index (χ3n) is 1.93. The van der Waals surface area contributed by atoms with Crippen LogP contribution >= 0.6 is 0 Å². The molecule has 0 aliphatic heterocycles. The van der Waals surface area contributed by atoms with Gasteiger partial charge in [-0.1, -0.05) is 0 Å². The summed E-state index contributed by atoms with van der Waals surface area (Å²) in [6.45, 7) is 4.48. The molecule has 0 saturated heterocycles. The molecule has 0 fully saturated rings. The van der Waals surface area contributed by atoms with Crippen LogP contribution in [0.4, 0.5) is 0 Å². The zero-order chi connectivity index (χ0) is 8.10. The van der Waals surface area contributed by atoms with Gasteiger partial charge in [0.2, 0.25) is 0 Å². The molecular formula is C10H16Ti. The molecule has 1 heteroatoms. The van der Waals surface area contributed by atoms with E-state index in [2.05, 4.69) is 26.0 Å². The minimum atomic E-state index is 0.271. The van der Waals surface area contributed by atoms with Crippen molar-refractivity contribution in [3.63, 3.8) is 0 Å². The van der Waals surface area contributed by atoms with Crippen LogP contribution in [0, 0.1) is 0 Å².